The molecule has 0 saturated carbocycles. The molecule has 0 unspecified atom stereocenters. The number of allylic oxidation sites excluding steroid dienone is 1. The van der Waals surface area contributed by atoms with Crippen molar-refractivity contribution in [2.45, 2.75) is 24.1 Å². The van der Waals surface area contributed by atoms with Crippen LogP contribution < -0.4 is 4.90 Å². The van der Waals surface area contributed by atoms with E-state index >= 15 is 0 Å². The minimum atomic E-state index is -4.11. The second kappa shape index (κ2) is 7.44. The lowest BCUT2D eigenvalue weighted by Gasteiger charge is -2.45. The molecular weight excluding hydrogens is 422 g/mol. The van der Waals surface area contributed by atoms with Crippen molar-refractivity contribution in [3.05, 3.63) is 52.3 Å². The molecule has 3 N–H and O–H groups in total. The molecule has 0 aromatic heterocycles. The molecule has 0 fully saturated rings. The van der Waals surface area contributed by atoms with Crippen LogP contribution in [0.5, 0.6) is 0 Å². The first-order valence-corrected chi connectivity index (χ1v) is 11.4. The molecule has 0 amide bonds. The lowest BCUT2D eigenvalue weighted by Crippen LogP contribution is -2.54. The number of aliphatic hydroxyl groups is 1. The summed E-state index contributed by atoms with van der Waals surface area (Å²) >= 11 is 7.25. The van der Waals surface area contributed by atoms with Gasteiger partial charge in [-0.3, -0.25) is 9.96 Å². The van der Waals surface area contributed by atoms with Gasteiger partial charge in [-0.1, -0.05) is 11.6 Å². The third-order valence-electron chi connectivity index (χ3n) is 4.93. The number of hydrogen-bond donors (Lipinski definition) is 3. The van der Waals surface area contributed by atoms with Gasteiger partial charge in [0.2, 0.25) is 0 Å². The summed E-state index contributed by atoms with van der Waals surface area (Å²) in [6.45, 7) is 1.86. The van der Waals surface area contributed by atoms with E-state index < -0.39 is 21.4 Å². The zero-order valence-electron chi connectivity index (χ0n) is 14.9. The predicted molar refractivity (Wildman–Crippen MR) is 111 cm³/mol. The monoisotopic (exact) mass is 439 g/mol. The maximum atomic E-state index is 11.1. The highest BCUT2D eigenvalue weighted by atomic mass is 35.5. The Balaban J connectivity index is 2.07. The predicted octanol–water partition coefficient (Wildman–Crippen LogP) is 3.55. The third kappa shape index (κ3) is 3.65. The summed E-state index contributed by atoms with van der Waals surface area (Å²) in [6.07, 6.45) is 1.76. The van der Waals surface area contributed by atoms with Crippen LogP contribution in [0.15, 0.2) is 47.2 Å². The van der Waals surface area contributed by atoms with E-state index in [9.17, 15) is 18.8 Å². The summed E-state index contributed by atoms with van der Waals surface area (Å²) in [5.74, 6) is -0.232. The maximum absolute atomic E-state index is 11.1. The van der Waals surface area contributed by atoms with E-state index in [0.717, 1.165) is 0 Å². The fourth-order valence-electron chi connectivity index (χ4n) is 3.61. The van der Waals surface area contributed by atoms with E-state index in [2.05, 4.69) is 6.07 Å². The number of fused-ring (bicyclic) bond motifs is 1. The molecule has 2 aliphatic rings. The number of nitrogens with one attached hydrogen (secondary N) is 1. The smallest absolute Gasteiger partial charge is 0.265 e. The number of nitrogens with zero attached hydrogens (tertiary/aromatic N) is 2. The first-order valence-electron chi connectivity index (χ1n) is 8.34. The van der Waals surface area contributed by atoms with Gasteiger partial charge in [-0.2, -0.15) is 25.4 Å². The molecule has 3 rings (SSSR count). The molecule has 0 bridgehead atoms. The van der Waals surface area contributed by atoms with Crippen LogP contribution in [-0.2, 0) is 10.1 Å². The molecule has 0 spiro atoms. The second-order valence-electron chi connectivity index (χ2n) is 6.69. The van der Waals surface area contributed by atoms with Gasteiger partial charge in [0.1, 0.15) is 17.5 Å². The molecule has 1 aliphatic carbocycles. The van der Waals surface area contributed by atoms with Crippen LogP contribution >= 0.6 is 23.4 Å². The Morgan fingerprint density at radius 1 is 1.43 bits per heavy atom. The number of benzene rings is 1. The third-order valence-corrected chi connectivity index (χ3v) is 7.63. The van der Waals surface area contributed by atoms with Gasteiger partial charge in [0.25, 0.3) is 10.1 Å². The summed E-state index contributed by atoms with van der Waals surface area (Å²) in [5, 5.41) is 28.6. The summed E-state index contributed by atoms with van der Waals surface area (Å²) in [7, 11) is -4.11. The van der Waals surface area contributed by atoms with E-state index in [-0.39, 0.29) is 34.6 Å². The molecule has 7 nitrogen and oxygen atoms in total. The molecule has 0 saturated heterocycles. The first-order chi connectivity index (χ1) is 13.1. The summed E-state index contributed by atoms with van der Waals surface area (Å²) in [6, 6.07) is 8.93. The number of hydrogen-bond acceptors (Lipinski definition) is 6. The van der Waals surface area contributed by atoms with Crippen LogP contribution in [-0.4, -0.2) is 46.2 Å². The Morgan fingerprint density at radius 3 is 2.64 bits per heavy atom. The molecule has 10 heteroatoms. The van der Waals surface area contributed by atoms with Crippen molar-refractivity contribution >= 4 is 45.0 Å². The van der Waals surface area contributed by atoms with Crippen molar-refractivity contribution in [1.82, 2.24) is 0 Å². The van der Waals surface area contributed by atoms with Crippen LogP contribution in [0.3, 0.4) is 0 Å². The van der Waals surface area contributed by atoms with Crippen molar-refractivity contribution in [3.63, 3.8) is 0 Å². The molecule has 148 valence electrons. The Bertz CT molecular complexity index is 1030. The highest BCUT2D eigenvalue weighted by molar-refractivity contribution is 8.00. The van der Waals surface area contributed by atoms with Crippen LogP contribution in [0.2, 0.25) is 5.02 Å². The molecule has 1 aromatic carbocycles. The SMILES string of the molecule is C[C@]12C(=C(C#N)C(=N)N1c1ccc(Cl)cc1)C=C(O)C[C@@H]2SCCS(=O)(=O)O. The Kier molecular flexibility index (Phi) is 5.51. The van der Waals surface area contributed by atoms with Crippen LogP contribution in [0, 0.1) is 16.7 Å². The molecule has 1 heterocycles. The normalized spacial score (nSPS) is 24.8. The van der Waals surface area contributed by atoms with Crippen LogP contribution in [0.4, 0.5) is 5.69 Å². The minimum absolute atomic E-state index is 0.00801. The number of rotatable bonds is 5. The minimum Gasteiger partial charge on any atom is -0.512 e. The van der Waals surface area contributed by atoms with Gasteiger partial charge in [-0.05, 0) is 37.3 Å². The summed E-state index contributed by atoms with van der Waals surface area (Å²) < 4.78 is 31.2. The number of thioether (sulfide) groups is 1. The van der Waals surface area contributed by atoms with Gasteiger partial charge in [-0.25, -0.2) is 0 Å². The standard InChI is InChI=1S/C18H18ClN3O4S2/c1-18-15(8-13(23)9-16(18)27-6-7-28(24,25)26)14(10-20)17(21)22(18)12-4-2-11(19)3-5-12/h2-5,8,16,21,23H,6-7,9H2,1H3,(H,24,25,26)/t16-,18+/m0/s1. The zero-order valence-corrected chi connectivity index (χ0v) is 17.3. The summed E-state index contributed by atoms with van der Waals surface area (Å²) in [5.41, 5.74) is 0.480. The number of nitriles is 1. The second-order valence-corrected chi connectivity index (χ2v) is 10.0. The largest absolute Gasteiger partial charge is 0.512 e. The van der Waals surface area contributed by atoms with Gasteiger partial charge in [0.15, 0.2) is 0 Å². The van der Waals surface area contributed by atoms with Crippen molar-refractivity contribution in [2.75, 3.05) is 16.4 Å². The summed E-state index contributed by atoms with van der Waals surface area (Å²) in [4.78, 5) is 1.71. The molecule has 0 radical (unpaired) electrons. The number of aliphatic hydroxyl groups excluding tert-OH is 1. The van der Waals surface area contributed by atoms with Crippen LogP contribution in [0.1, 0.15) is 13.3 Å². The zero-order chi connectivity index (χ0) is 20.7. The fraction of sp³-hybridized carbons (Fsp3) is 0.333. The van der Waals surface area contributed by atoms with Gasteiger partial charge >= 0.3 is 0 Å². The number of amidine groups is 1. The Morgan fingerprint density at radius 2 is 2.07 bits per heavy atom. The Labute approximate surface area is 172 Å². The van der Waals surface area contributed by atoms with E-state index in [1.807, 2.05) is 6.92 Å². The lowest BCUT2D eigenvalue weighted by atomic mass is 9.81. The fourth-order valence-corrected chi connectivity index (χ4v) is 6.10. The number of halogens is 1. The highest BCUT2D eigenvalue weighted by Crippen LogP contribution is 2.50. The van der Waals surface area contributed by atoms with Gasteiger partial charge in [-0.15, -0.1) is 0 Å². The van der Waals surface area contributed by atoms with Crippen molar-refractivity contribution in [3.8, 4) is 6.07 Å². The van der Waals surface area contributed by atoms with Crippen LogP contribution in [0.25, 0.3) is 0 Å². The molecule has 28 heavy (non-hydrogen) atoms. The quantitative estimate of drug-likeness (QED) is 0.599. The van der Waals surface area contributed by atoms with Crippen molar-refractivity contribution in [2.24, 2.45) is 0 Å². The lowest BCUT2D eigenvalue weighted by molar-refractivity contribution is 0.356. The first kappa shape index (κ1) is 20.7. The molecule has 1 aliphatic heterocycles. The average molecular weight is 440 g/mol. The molecule has 1 aromatic rings. The van der Waals surface area contributed by atoms with E-state index in [0.29, 0.717) is 16.3 Å². The van der Waals surface area contributed by atoms with E-state index in [1.165, 1.54) is 17.8 Å². The average Bonchev–Trinajstić information content (AvgIpc) is 2.82. The van der Waals surface area contributed by atoms with E-state index in [1.54, 1.807) is 29.2 Å². The van der Waals surface area contributed by atoms with Gasteiger partial charge in [0.05, 0.1) is 17.1 Å². The Hall–Kier alpha value is -1.99. The van der Waals surface area contributed by atoms with Gasteiger partial charge in [0, 0.05) is 33.7 Å². The number of anilines is 1. The van der Waals surface area contributed by atoms with Crippen molar-refractivity contribution < 1.29 is 18.1 Å². The van der Waals surface area contributed by atoms with E-state index in [4.69, 9.17) is 21.6 Å². The topological polar surface area (TPSA) is 125 Å². The highest BCUT2D eigenvalue weighted by Gasteiger charge is 2.53. The van der Waals surface area contributed by atoms with Crippen molar-refractivity contribution in [1.29, 1.82) is 10.7 Å². The maximum Gasteiger partial charge on any atom is 0.265 e. The molecular formula is C18H18ClN3O4S2. The van der Waals surface area contributed by atoms with Gasteiger partial charge < -0.3 is 10.0 Å². The molecule has 2 atom stereocenters.